The average Bonchev–Trinajstić information content (AvgIpc) is 2.55. The van der Waals surface area contributed by atoms with Gasteiger partial charge in [0.2, 0.25) is 5.91 Å². The maximum Gasteiger partial charge on any atom is 0.407 e. The Bertz CT molecular complexity index is 517. The summed E-state index contributed by atoms with van der Waals surface area (Å²) in [6, 6.07) is 0. The third kappa shape index (κ3) is 17.1. The zero-order valence-electron chi connectivity index (χ0n) is 17.7. The number of alkyl carbamates (subject to hydrolysis) is 1. The molecule has 0 aliphatic heterocycles. The highest BCUT2D eigenvalue weighted by molar-refractivity contribution is 5.76. The van der Waals surface area contributed by atoms with Crippen molar-refractivity contribution in [2.75, 3.05) is 19.6 Å². The Kier molecular flexibility index (Phi) is 12.6. The monoisotopic (exact) mass is 399 g/mol. The lowest BCUT2D eigenvalue weighted by atomic mass is 10.0. The van der Waals surface area contributed by atoms with Crippen molar-refractivity contribution in [3.63, 3.8) is 0 Å². The van der Waals surface area contributed by atoms with Gasteiger partial charge in [-0.25, -0.2) is 4.79 Å². The maximum absolute atomic E-state index is 12.0. The lowest BCUT2D eigenvalue weighted by molar-refractivity contribution is -0.121. The predicted molar refractivity (Wildman–Crippen MR) is 109 cm³/mol. The van der Waals surface area contributed by atoms with E-state index in [4.69, 9.17) is 15.9 Å². The van der Waals surface area contributed by atoms with E-state index in [9.17, 15) is 14.4 Å². The number of carbonyl (C=O) groups excluding carboxylic acids is 3. The fourth-order valence-electron chi connectivity index (χ4n) is 2.38. The molecule has 0 bridgehead atoms. The van der Waals surface area contributed by atoms with E-state index in [1.165, 1.54) is 6.92 Å². The molecule has 9 nitrogen and oxygen atoms in total. The van der Waals surface area contributed by atoms with Crippen LogP contribution < -0.4 is 21.7 Å². The summed E-state index contributed by atoms with van der Waals surface area (Å²) in [6.07, 6.45) is 3.35. The predicted octanol–water partition coefficient (Wildman–Crippen LogP) is 1.66. The molecule has 0 aliphatic rings. The number of hydrogen-bond acceptors (Lipinski definition) is 5. The van der Waals surface area contributed by atoms with Crippen LogP contribution in [-0.4, -0.2) is 49.0 Å². The minimum absolute atomic E-state index is 0.0415. The van der Waals surface area contributed by atoms with Crippen LogP contribution in [0, 0.1) is 11.3 Å². The van der Waals surface area contributed by atoms with Crippen LogP contribution in [0.25, 0.3) is 0 Å². The van der Waals surface area contributed by atoms with Gasteiger partial charge >= 0.3 is 6.09 Å². The molecule has 0 fully saturated rings. The number of ketones is 1. The highest BCUT2D eigenvalue weighted by Gasteiger charge is 2.18. The normalized spacial score (nSPS) is 12.0. The number of unbranched alkanes of at least 4 members (excludes halogenated alkanes) is 2. The lowest BCUT2D eigenvalue weighted by Gasteiger charge is -2.22. The standard InChI is InChI=1S/C19H37N5O4/c1-14(25)9-10-15(13-24-18(27)28-19(2,3)4)12-23-16(26)8-6-5-7-11-22-17(20)21/h15H,5-13H2,1-4H3,(H,23,26)(H,24,27)(H4,20,21,22). The summed E-state index contributed by atoms with van der Waals surface area (Å²) in [5.74, 6) is -0.0631. The molecule has 0 rings (SSSR count). The van der Waals surface area contributed by atoms with Gasteiger partial charge in [-0.1, -0.05) is 6.42 Å². The lowest BCUT2D eigenvalue weighted by Crippen LogP contribution is -2.39. The van der Waals surface area contributed by atoms with Crippen molar-refractivity contribution in [3.8, 4) is 0 Å². The van der Waals surface area contributed by atoms with Crippen molar-refractivity contribution < 1.29 is 19.1 Å². The number of hydrogen-bond donors (Lipinski definition) is 5. The van der Waals surface area contributed by atoms with Crippen LogP contribution in [0.15, 0.2) is 0 Å². The summed E-state index contributed by atoms with van der Waals surface area (Å²) < 4.78 is 5.21. The number of ether oxygens (including phenoxy) is 1. The van der Waals surface area contributed by atoms with Gasteiger partial charge in [-0.15, -0.1) is 0 Å². The van der Waals surface area contributed by atoms with Crippen LogP contribution in [0.1, 0.15) is 66.2 Å². The molecule has 1 atom stereocenters. The zero-order valence-corrected chi connectivity index (χ0v) is 17.7. The molecule has 0 aromatic rings. The molecule has 0 spiro atoms. The Morgan fingerprint density at radius 3 is 2.21 bits per heavy atom. The largest absolute Gasteiger partial charge is 0.444 e. The molecule has 0 radical (unpaired) electrons. The van der Waals surface area contributed by atoms with E-state index in [1.807, 2.05) is 0 Å². The van der Waals surface area contributed by atoms with Gasteiger partial charge in [0.15, 0.2) is 5.96 Å². The molecular formula is C19H37N5O4. The molecule has 2 amide bonds. The van der Waals surface area contributed by atoms with Crippen molar-refractivity contribution >= 4 is 23.7 Å². The fraction of sp³-hybridized carbons (Fsp3) is 0.789. The van der Waals surface area contributed by atoms with Gasteiger partial charge in [0, 0.05) is 32.5 Å². The molecule has 162 valence electrons. The van der Waals surface area contributed by atoms with Crippen LogP contribution in [0.5, 0.6) is 0 Å². The second-order valence-corrected chi connectivity index (χ2v) is 7.94. The molecular weight excluding hydrogens is 362 g/mol. The van der Waals surface area contributed by atoms with E-state index >= 15 is 0 Å². The smallest absolute Gasteiger partial charge is 0.407 e. The van der Waals surface area contributed by atoms with Gasteiger partial charge in [0.1, 0.15) is 11.4 Å². The number of guanidine groups is 1. The third-order valence-electron chi connectivity index (χ3n) is 3.82. The van der Waals surface area contributed by atoms with Gasteiger partial charge in [-0.05, 0) is 52.9 Å². The quantitative estimate of drug-likeness (QED) is 0.181. The van der Waals surface area contributed by atoms with E-state index in [-0.39, 0.29) is 23.6 Å². The number of nitrogens with two attached hydrogens (primary N) is 1. The van der Waals surface area contributed by atoms with Crippen LogP contribution in [-0.2, 0) is 14.3 Å². The van der Waals surface area contributed by atoms with Crippen molar-refractivity contribution in [2.45, 2.75) is 71.8 Å². The molecule has 0 aromatic heterocycles. The molecule has 0 heterocycles. The summed E-state index contributed by atoms with van der Waals surface area (Å²) >= 11 is 0. The van der Waals surface area contributed by atoms with Crippen molar-refractivity contribution in [1.82, 2.24) is 16.0 Å². The molecule has 6 N–H and O–H groups in total. The zero-order chi connectivity index (χ0) is 21.6. The molecule has 0 aliphatic carbocycles. The van der Waals surface area contributed by atoms with E-state index in [0.29, 0.717) is 38.9 Å². The minimum atomic E-state index is -0.576. The van der Waals surface area contributed by atoms with Gasteiger partial charge in [0.25, 0.3) is 0 Å². The van der Waals surface area contributed by atoms with Gasteiger partial charge < -0.3 is 31.2 Å². The second-order valence-electron chi connectivity index (χ2n) is 7.94. The van der Waals surface area contributed by atoms with Crippen molar-refractivity contribution in [2.24, 2.45) is 11.7 Å². The number of Topliss-reactive ketones (excluding diaryl/α,β-unsaturated/α-hetero) is 1. The van der Waals surface area contributed by atoms with E-state index in [0.717, 1.165) is 19.3 Å². The molecule has 0 saturated heterocycles. The minimum Gasteiger partial charge on any atom is -0.444 e. The number of nitrogens with one attached hydrogen (secondary N) is 4. The highest BCUT2D eigenvalue weighted by Crippen LogP contribution is 2.09. The highest BCUT2D eigenvalue weighted by atomic mass is 16.6. The Hall–Kier alpha value is -2.32. The first-order valence-electron chi connectivity index (χ1n) is 9.80. The van der Waals surface area contributed by atoms with Crippen molar-refractivity contribution in [1.29, 1.82) is 5.41 Å². The molecule has 28 heavy (non-hydrogen) atoms. The topological polar surface area (TPSA) is 146 Å². The Morgan fingerprint density at radius 1 is 1.00 bits per heavy atom. The van der Waals surface area contributed by atoms with E-state index < -0.39 is 11.7 Å². The summed E-state index contributed by atoms with van der Waals surface area (Å²) in [5, 5.41) is 15.4. The third-order valence-corrected chi connectivity index (χ3v) is 3.82. The van der Waals surface area contributed by atoms with E-state index in [2.05, 4.69) is 16.0 Å². The van der Waals surface area contributed by atoms with Gasteiger partial charge in [-0.3, -0.25) is 10.2 Å². The summed E-state index contributed by atoms with van der Waals surface area (Å²) in [7, 11) is 0. The molecule has 9 heteroatoms. The van der Waals surface area contributed by atoms with Crippen LogP contribution in [0.4, 0.5) is 4.79 Å². The molecule has 0 aromatic carbocycles. The van der Waals surface area contributed by atoms with E-state index in [1.54, 1.807) is 20.8 Å². The summed E-state index contributed by atoms with van der Waals surface area (Å²) in [4.78, 5) is 35.0. The Morgan fingerprint density at radius 2 is 1.64 bits per heavy atom. The molecule has 0 saturated carbocycles. The first-order valence-corrected chi connectivity index (χ1v) is 9.80. The molecule has 1 unspecified atom stereocenters. The number of amides is 2. The Labute approximate surface area is 168 Å². The number of carbonyl (C=O) groups is 3. The van der Waals surface area contributed by atoms with Gasteiger partial charge in [0.05, 0.1) is 0 Å². The maximum atomic E-state index is 12.0. The second kappa shape index (κ2) is 13.8. The van der Waals surface area contributed by atoms with Gasteiger partial charge in [-0.2, -0.15) is 0 Å². The van der Waals surface area contributed by atoms with Crippen LogP contribution >= 0.6 is 0 Å². The van der Waals surface area contributed by atoms with Crippen LogP contribution in [0.3, 0.4) is 0 Å². The summed E-state index contributed by atoms with van der Waals surface area (Å²) in [6.45, 7) is 8.24. The van der Waals surface area contributed by atoms with Crippen LogP contribution in [0.2, 0.25) is 0 Å². The van der Waals surface area contributed by atoms with Crippen molar-refractivity contribution in [3.05, 3.63) is 0 Å². The average molecular weight is 400 g/mol. The number of rotatable bonds is 13. The first kappa shape index (κ1) is 25.7. The fourth-order valence-corrected chi connectivity index (χ4v) is 2.38. The first-order chi connectivity index (χ1) is 13.0. The summed E-state index contributed by atoms with van der Waals surface area (Å²) in [5.41, 5.74) is 4.62. The Balaban J connectivity index is 4.18. The SMILES string of the molecule is CC(=O)CCC(CNC(=O)CCCCCNC(=N)N)CNC(=O)OC(C)(C)C.